The average Bonchev–Trinajstić information content (AvgIpc) is 2.34. The molecule has 1 aromatic carbocycles. The molecule has 0 aliphatic heterocycles. The van der Waals surface area contributed by atoms with Gasteiger partial charge in [0, 0.05) is 12.5 Å². The molecule has 0 saturated carbocycles. The van der Waals surface area contributed by atoms with Gasteiger partial charge in [0.1, 0.15) is 10.4 Å². The van der Waals surface area contributed by atoms with Gasteiger partial charge < -0.3 is 4.74 Å². The lowest BCUT2D eigenvalue weighted by Crippen LogP contribution is -1.98. The zero-order valence-corrected chi connectivity index (χ0v) is 11.7. The van der Waals surface area contributed by atoms with E-state index in [4.69, 9.17) is 4.74 Å². The van der Waals surface area contributed by atoms with E-state index in [9.17, 15) is 4.39 Å². The van der Waals surface area contributed by atoms with E-state index in [1.807, 2.05) is 6.92 Å². The maximum absolute atomic E-state index is 13.8. The molecule has 0 spiro atoms. The van der Waals surface area contributed by atoms with E-state index in [2.05, 4.69) is 25.9 Å². The van der Waals surface area contributed by atoms with Crippen LogP contribution in [0.25, 0.3) is 0 Å². The smallest absolute Gasteiger partial charge is 0.223 e. The Hall–Kier alpha value is -1.49. The minimum absolute atomic E-state index is 0.169. The van der Waals surface area contributed by atoms with Gasteiger partial charge in [-0.25, -0.2) is 9.37 Å². The molecular weight excluding hydrogens is 299 g/mol. The van der Waals surface area contributed by atoms with Crippen LogP contribution < -0.4 is 4.74 Å². The summed E-state index contributed by atoms with van der Waals surface area (Å²) in [5.41, 5.74) is 0.538. The summed E-state index contributed by atoms with van der Waals surface area (Å²) >= 11 is 3.28. The van der Waals surface area contributed by atoms with Crippen molar-refractivity contribution in [2.75, 3.05) is 0 Å². The van der Waals surface area contributed by atoms with Gasteiger partial charge in [0.05, 0.1) is 0 Å². The lowest BCUT2D eigenvalue weighted by atomic mass is 10.2. The van der Waals surface area contributed by atoms with Gasteiger partial charge in [-0.2, -0.15) is 4.98 Å². The van der Waals surface area contributed by atoms with Gasteiger partial charge in [-0.15, -0.1) is 0 Å². The predicted octanol–water partition coefficient (Wildman–Crippen LogP) is 4.04. The Morgan fingerprint density at radius 2 is 2.11 bits per heavy atom. The molecule has 3 nitrogen and oxygen atoms in total. The van der Waals surface area contributed by atoms with Gasteiger partial charge in [-0.05, 0) is 34.5 Å². The number of halogens is 2. The quantitative estimate of drug-likeness (QED) is 0.802. The van der Waals surface area contributed by atoms with Gasteiger partial charge in [-0.1, -0.05) is 19.1 Å². The first-order chi connectivity index (χ1) is 8.60. The lowest BCUT2D eigenvalue weighted by Gasteiger charge is -2.08. The molecule has 0 aliphatic carbocycles. The van der Waals surface area contributed by atoms with E-state index in [1.165, 1.54) is 0 Å². The maximum atomic E-state index is 13.8. The van der Waals surface area contributed by atoms with Crippen LogP contribution in [0.3, 0.4) is 0 Å². The van der Waals surface area contributed by atoms with Crippen LogP contribution in [-0.4, -0.2) is 9.97 Å². The van der Waals surface area contributed by atoms with Crippen LogP contribution >= 0.6 is 15.9 Å². The maximum Gasteiger partial charge on any atom is 0.223 e. The predicted molar refractivity (Wildman–Crippen MR) is 70.3 cm³/mol. The van der Waals surface area contributed by atoms with Crippen LogP contribution in [0.1, 0.15) is 18.3 Å². The van der Waals surface area contributed by atoms with Crippen molar-refractivity contribution in [1.29, 1.82) is 0 Å². The van der Waals surface area contributed by atoms with E-state index in [1.54, 1.807) is 31.2 Å². The summed E-state index contributed by atoms with van der Waals surface area (Å²) in [6, 6.07) is 6.62. The minimum atomic E-state index is -0.370. The highest BCUT2D eigenvalue weighted by molar-refractivity contribution is 9.10. The zero-order valence-electron chi connectivity index (χ0n) is 10.1. The van der Waals surface area contributed by atoms with Crippen molar-refractivity contribution in [3.8, 4) is 11.6 Å². The third-order valence-electron chi connectivity index (χ3n) is 2.40. The molecule has 0 atom stereocenters. The standard InChI is InChI=1S/C13H12BrFN2O/c1-3-11-16-10(14)7-12(17-11)18-9-6-4-5-8(2)13(9)15/h4-7H,3H2,1-2H3. The molecule has 0 aliphatic rings. The molecular formula is C13H12BrFN2O. The Balaban J connectivity index is 2.34. The molecule has 0 unspecified atom stereocenters. The third kappa shape index (κ3) is 2.85. The highest BCUT2D eigenvalue weighted by Gasteiger charge is 2.09. The number of aromatic nitrogens is 2. The Labute approximate surface area is 113 Å². The number of rotatable bonds is 3. The van der Waals surface area contributed by atoms with Crippen molar-refractivity contribution in [1.82, 2.24) is 9.97 Å². The number of aryl methyl sites for hydroxylation is 2. The second-order valence-corrected chi connectivity index (χ2v) is 4.60. The van der Waals surface area contributed by atoms with Crippen LogP contribution in [0.15, 0.2) is 28.9 Å². The van der Waals surface area contributed by atoms with Crippen LogP contribution in [-0.2, 0) is 6.42 Å². The van der Waals surface area contributed by atoms with Crippen molar-refractivity contribution in [2.45, 2.75) is 20.3 Å². The summed E-state index contributed by atoms with van der Waals surface area (Å²) in [5.74, 6) is 0.776. The molecule has 5 heteroatoms. The number of nitrogens with zero attached hydrogens (tertiary/aromatic N) is 2. The Morgan fingerprint density at radius 1 is 1.33 bits per heavy atom. The van der Waals surface area contributed by atoms with E-state index >= 15 is 0 Å². The second kappa shape index (κ2) is 5.44. The van der Waals surface area contributed by atoms with Crippen LogP contribution in [0, 0.1) is 12.7 Å². The molecule has 2 aromatic rings. The molecule has 18 heavy (non-hydrogen) atoms. The van der Waals surface area contributed by atoms with E-state index < -0.39 is 0 Å². The zero-order chi connectivity index (χ0) is 13.1. The molecule has 0 saturated heterocycles. The van der Waals surface area contributed by atoms with Crippen molar-refractivity contribution in [2.24, 2.45) is 0 Å². The van der Waals surface area contributed by atoms with Gasteiger partial charge in [0.25, 0.3) is 0 Å². The first-order valence-electron chi connectivity index (χ1n) is 5.56. The molecule has 1 aromatic heterocycles. The summed E-state index contributed by atoms with van der Waals surface area (Å²) in [5, 5.41) is 0. The molecule has 0 radical (unpaired) electrons. The lowest BCUT2D eigenvalue weighted by molar-refractivity contribution is 0.422. The van der Waals surface area contributed by atoms with E-state index in [0.29, 0.717) is 28.3 Å². The van der Waals surface area contributed by atoms with Gasteiger partial charge >= 0.3 is 0 Å². The van der Waals surface area contributed by atoms with Gasteiger partial charge in [-0.3, -0.25) is 0 Å². The van der Waals surface area contributed by atoms with E-state index in [-0.39, 0.29) is 11.6 Å². The Morgan fingerprint density at radius 3 is 2.83 bits per heavy atom. The highest BCUT2D eigenvalue weighted by atomic mass is 79.9. The third-order valence-corrected chi connectivity index (χ3v) is 2.81. The average molecular weight is 311 g/mol. The van der Waals surface area contributed by atoms with Crippen LogP contribution in [0.5, 0.6) is 11.6 Å². The fourth-order valence-electron chi connectivity index (χ4n) is 1.46. The van der Waals surface area contributed by atoms with Crippen LogP contribution in [0.2, 0.25) is 0 Å². The van der Waals surface area contributed by atoms with Gasteiger partial charge in [0.15, 0.2) is 11.6 Å². The largest absolute Gasteiger partial charge is 0.436 e. The van der Waals surface area contributed by atoms with Crippen molar-refractivity contribution < 1.29 is 9.13 Å². The van der Waals surface area contributed by atoms with Crippen molar-refractivity contribution >= 4 is 15.9 Å². The summed E-state index contributed by atoms with van der Waals surface area (Å²) < 4.78 is 19.9. The molecule has 2 rings (SSSR count). The fraction of sp³-hybridized carbons (Fsp3) is 0.231. The first-order valence-corrected chi connectivity index (χ1v) is 6.36. The number of benzene rings is 1. The second-order valence-electron chi connectivity index (χ2n) is 3.79. The number of ether oxygens (including phenoxy) is 1. The van der Waals surface area contributed by atoms with Crippen molar-refractivity contribution in [3.05, 3.63) is 46.1 Å². The van der Waals surface area contributed by atoms with E-state index in [0.717, 1.165) is 0 Å². The topological polar surface area (TPSA) is 35.0 Å². The fourth-order valence-corrected chi connectivity index (χ4v) is 1.86. The Bertz CT molecular complexity index is 575. The summed E-state index contributed by atoms with van der Waals surface area (Å²) in [6.45, 7) is 3.63. The molecule has 94 valence electrons. The van der Waals surface area contributed by atoms with Gasteiger partial charge in [0.2, 0.25) is 5.88 Å². The summed E-state index contributed by atoms with van der Waals surface area (Å²) in [4.78, 5) is 8.35. The Kier molecular flexibility index (Phi) is 3.91. The number of hydrogen-bond acceptors (Lipinski definition) is 3. The van der Waals surface area contributed by atoms with Crippen LogP contribution in [0.4, 0.5) is 4.39 Å². The molecule has 0 N–H and O–H groups in total. The molecule has 0 amide bonds. The SMILES string of the molecule is CCc1nc(Br)cc(Oc2cccc(C)c2F)n1. The molecule has 0 fully saturated rings. The summed E-state index contributed by atoms with van der Waals surface area (Å²) in [7, 11) is 0. The number of hydrogen-bond donors (Lipinski definition) is 0. The summed E-state index contributed by atoms with van der Waals surface area (Å²) in [6.07, 6.45) is 0.687. The first kappa shape index (κ1) is 13.0. The van der Waals surface area contributed by atoms with Crippen molar-refractivity contribution in [3.63, 3.8) is 0 Å². The normalized spacial score (nSPS) is 10.4. The monoisotopic (exact) mass is 310 g/mol. The highest BCUT2D eigenvalue weighted by Crippen LogP contribution is 2.26. The molecule has 0 bridgehead atoms. The minimum Gasteiger partial charge on any atom is -0.436 e. The molecule has 1 heterocycles.